The highest BCUT2D eigenvalue weighted by Crippen LogP contribution is 2.38. The van der Waals surface area contributed by atoms with Crippen molar-refractivity contribution < 1.29 is 18.8 Å². The summed E-state index contributed by atoms with van der Waals surface area (Å²) < 4.78 is 14.3. The van der Waals surface area contributed by atoms with E-state index in [0.29, 0.717) is 27.5 Å². The molecule has 38 heavy (non-hydrogen) atoms. The van der Waals surface area contributed by atoms with Crippen molar-refractivity contribution in [3.05, 3.63) is 130 Å². The Morgan fingerprint density at radius 3 is 2.21 bits per heavy atom. The lowest BCUT2D eigenvalue weighted by molar-refractivity contribution is -0.120. The number of amides is 3. The van der Waals surface area contributed by atoms with E-state index in [1.54, 1.807) is 78.9 Å². The molecule has 4 aromatic carbocycles. The van der Waals surface area contributed by atoms with Crippen molar-refractivity contribution in [2.45, 2.75) is 4.90 Å². The Balaban J connectivity index is 1.44. The van der Waals surface area contributed by atoms with Gasteiger partial charge in [0.15, 0.2) is 0 Å². The van der Waals surface area contributed by atoms with Crippen molar-refractivity contribution in [3.63, 3.8) is 0 Å². The van der Waals surface area contributed by atoms with Gasteiger partial charge in [0.25, 0.3) is 17.7 Å². The predicted octanol–water partition coefficient (Wildman–Crippen LogP) is 6.83. The highest BCUT2D eigenvalue weighted by molar-refractivity contribution is 9.10. The van der Waals surface area contributed by atoms with Gasteiger partial charge < -0.3 is 10.6 Å². The third kappa shape index (κ3) is 5.53. The smallest absolute Gasteiger partial charge is 0.283 e. The molecule has 6 nitrogen and oxygen atoms in total. The van der Waals surface area contributed by atoms with Crippen molar-refractivity contribution >= 4 is 62.5 Å². The van der Waals surface area contributed by atoms with Crippen LogP contribution < -0.4 is 15.5 Å². The number of thioether (sulfide) groups is 1. The van der Waals surface area contributed by atoms with Gasteiger partial charge in [-0.15, -0.1) is 0 Å². The first-order valence-electron chi connectivity index (χ1n) is 11.4. The van der Waals surface area contributed by atoms with E-state index in [1.807, 2.05) is 0 Å². The first-order chi connectivity index (χ1) is 18.4. The van der Waals surface area contributed by atoms with Gasteiger partial charge in [-0.05, 0) is 78.9 Å². The third-order valence-corrected chi connectivity index (χ3v) is 7.19. The normalized spacial score (nSPS) is 13.2. The van der Waals surface area contributed by atoms with Crippen LogP contribution in [0.4, 0.5) is 21.5 Å². The molecule has 3 amide bonds. The number of rotatable bonds is 7. The lowest BCUT2D eigenvalue weighted by Gasteiger charge is -2.15. The molecule has 0 unspecified atom stereocenters. The van der Waals surface area contributed by atoms with Gasteiger partial charge in [-0.1, -0.05) is 52.0 Å². The molecule has 188 valence electrons. The van der Waals surface area contributed by atoms with Crippen molar-refractivity contribution in [3.8, 4) is 0 Å². The zero-order chi connectivity index (χ0) is 26.6. The van der Waals surface area contributed by atoms with Crippen LogP contribution in [0, 0.1) is 5.82 Å². The lowest BCUT2D eigenvalue weighted by Crippen LogP contribution is -2.32. The fourth-order valence-electron chi connectivity index (χ4n) is 3.76. The van der Waals surface area contributed by atoms with E-state index in [-0.39, 0.29) is 16.5 Å². The molecule has 0 radical (unpaired) electrons. The average molecular weight is 588 g/mol. The van der Waals surface area contributed by atoms with E-state index in [0.717, 1.165) is 21.1 Å². The molecule has 0 bridgehead atoms. The molecule has 9 heteroatoms. The minimum atomic E-state index is -0.521. The Morgan fingerprint density at radius 2 is 1.50 bits per heavy atom. The van der Waals surface area contributed by atoms with Gasteiger partial charge in [0, 0.05) is 26.3 Å². The maximum absolute atomic E-state index is 13.5. The summed E-state index contributed by atoms with van der Waals surface area (Å²) in [5.74, 6) is -1.70. The van der Waals surface area contributed by atoms with Crippen molar-refractivity contribution in [1.82, 2.24) is 0 Å². The summed E-state index contributed by atoms with van der Waals surface area (Å²) in [4.78, 5) is 41.5. The van der Waals surface area contributed by atoms with Crippen LogP contribution >= 0.6 is 27.7 Å². The van der Waals surface area contributed by atoms with E-state index < -0.39 is 17.6 Å². The Hall–Kier alpha value is -4.21. The summed E-state index contributed by atoms with van der Waals surface area (Å²) in [6.07, 6.45) is 0. The maximum atomic E-state index is 13.5. The number of para-hydroxylation sites is 1. The molecule has 2 N–H and O–H groups in total. The monoisotopic (exact) mass is 587 g/mol. The number of carbonyl (C=O) groups is 3. The van der Waals surface area contributed by atoms with Gasteiger partial charge in [-0.2, -0.15) is 0 Å². The van der Waals surface area contributed by atoms with Gasteiger partial charge in [0.1, 0.15) is 16.4 Å². The Labute approximate surface area is 230 Å². The topological polar surface area (TPSA) is 78.5 Å². The van der Waals surface area contributed by atoms with Gasteiger partial charge >= 0.3 is 0 Å². The number of nitrogens with one attached hydrogen (secondary N) is 2. The summed E-state index contributed by atoms with van der Waals surface area (Å²) >= 11 is 4.46. The lowest BCUT2D eigenvalue weighted by atomic mass is 10.2. The fraction of sp³-hybridized carbons (Fsp3) is 0. The molecular formula is C29H19BrFN3O3S. The van der Waals surface area contributed by atoms with Crippen molar-refractivity contribution in [2.24, 2.45) is 0 Å². The summed E-state index contributed by atoms with van der Waals surface area (Å²) in [6.45, 7) is 0. The summed E-state index contributed by atoms with van der Waals surface area (Å²) in [5, 5.41) is 5.85. The molecule has 1 heterocycles. The van der Waals surface area contributed by atoms with E-state index in [1.165, 1.54) is 24.3 Å². The number of benzene rings is 4. The third-order valence-electron chi connectivity index (χ3n) is 5.59. The fourth-order valence-corrected chi connectivity index (χ4v) is 5.01. The minimum Gasteiger partial charge on any atom is -0.350 e. The number of hydrogen-bond donors (Lipinski definition) is 2. The standard InChI is InChI=1S/C29H19BrFN3O3S/c30-19-11-9-18(10-12-19)27(35)33-22-5-4-8-24(17-22)38-26-25(32-21-15-13-20(31)14-16-21)28(36)34(29(26)37)23-6-2-1-3-7-23/h1-17,32H,(H,33,35). The van der Waals surface area contributed by atoms with E-state index in [9.17, 15) is 18.8 Å². The second-order valence-electron chi connectivity index (χ2n) is 8.21. The molecule has 1 aliphatic heterocycles. The first kappa shape index (κ1) is 25.4. The van der Waals surface area contributed by atoms with Gasteiger partial charge in [0.2, 0.25) is 0 Å². The van der Waals surface area contributed by atoms with Crippen LogP contribution in [0.1, 0.15) is 10.4 Å². The van der Waals surface area contributed by atoms with E-state index >= 15 is 0 Å². The molecule has 0 aliphatic carbocycles. The highest BCUT2D eigenvalue weighted by Gasteiger charge is 2.40. The summed E-state index contributed by atoms with van der Waals surface area (Å²) in [7, 11) is 0. The SMILES string of the molecule is O=C(Nc1cccc(SC2=C(Nc3ccc(F)cc3)C(=O)N(c3ccccc3)C2=O)c1)c1ccc(Br)cc1. The molecule has 0 atom stereocenters. The Bertz CT molecular complexity index is 1560. The van der Waals surface area contributed by atoms with Crippen LogP contribution in [0.25, 0.3) is 0 Å². The van der Waals surface area contributed by atoms with Crippen LogP contribution in [0.15, 0.2) is 123 Å². The molecule has 0 spiro atoms. The molecule has 1 aliphatic rings. The van der Waals surface area contributed by atoms with Crippen LogP contribution in [-0.2, 0) is 9.59 Å². The summed E-state index contributed by atoms with van der Waals surface area (Å²) in [5.41, 5.74) is 2.01. The number of nitrogens with zero attached hydrogens (tertiary/aromatic N) is 1. The van der Waals surface area contributed by atoms with E-state index in [4.69, 9.17) is 0 Å². The molecule has 0 aromatic heterocycles. The predicted molar refractivity (Wildman–Crippen MR) is 150 cm³/mol. The number of anilines is 3. The van der Waals surface area contributed by atoms with Crippen LogP contribution in [-0.4, -0.2) is 17.7 Å². The minimum absolute atomic E-state index is 0.0831. The van der Waals surface area contributed by atoms with Gasteiger partial charge in [0.05, 0.1) is 5.69 Å². The largest absolute Gasteiger partial charge is 0.350 e. The maximum Gasteiger partial charge on any atom is 0.283 e. The van der Waals surface area contributed by atoms with Gasteiger partial charge in [-0.25, -0.2) is 9.29 Å². The average Bonchev–Trinajstić information content (AvgIpc) is 3.14. The van der Waals surface area contributed by atoms with E-state index in [2.05, 4.69) is 26.6 Å². The van der Waals surface area contributed by atoms with Crippen molar-refractivity contribution in [1.29, 1.82) is 0 Å². The first-order valence-corrected chi connectivity index (χ1v) is 13.1. The molecule has 0 saturated carbocycles. The van der Waals surface area contributed by atoms with Crippen molar-refractivity contribution in [2.75, 3.05) is 15.5 Å². The van der Waals surface area contributed by atoms with Crippen LogP contribution in [0.3, 0.4) is 0 Å². The summed E-state index contributed by atoms with van der Waals surface area (Å²) in [6, 6.07) is 28.1. The van der Waals surface area contributed by atoms with Crippen LogP contribution in [0.5, 0.6) is 0 Å². The second-order valence-corrected chi connectivity index (χ2v) is 10.2. The number of halogens is 2. The molecule has 5 rings (SSSR count). The quantitative estimate of drug-likeness (QED) is 0.232. The highest BCUT2D eigenvalue weighted by atomic mass is 79.9. The molecular weight excluding hydrogens is 569 g/mol. The number of imide groups is 1. The van der Waals surface area contributed by atoms with Crippen LogP contribution in [0.2, 0.25) is 0 Å². The molecule has 0 saturated heterocycles. The number of hydrogen-bond acceptors (Lipinski definition) is 5. The zero-order valence-electron chi connectivity index (χ0n) is 19.7. The number of carbonyl (C=O) groups excluding carboxylic acids is 3. The Kier molecular flexibility index (Phi) is 7.39. The Morgan fingerprint density at radius 1 is 0.789 bits per heavy atom. The zero-order valence-corrected chi connectivity index (χ0v) is 22.1. The molecule has 4 aromatic rings. The second kappa shape index (κ2) is 11.0. The van der Waals surface area contributed by atoms with Gasteiger partial charge in [-0.3, -0.25) is 14.4 Å². The molecule has 0 fully saturated rings.